The summed E-state index contributed by atoms with van der Waals surface area (Å²) in [5.74, 6) is 0.369. The van der Waals surface area contributed by atoms with Crippen molar-refractivity contribution < 1.29 is 4.52 Å². The minimum Gasteiger partial charge on any atom is -0.380 e. The molecule has 0 saturated carbocycles. The lowest BCUT2D eigenvalue weighted by Crippen LogP contribution is -2.27. The maximum absolute atomic E-state index is 12.6. The van der Waals surface area contributed by atoms with Gasteiger partial charge in [-0.15, -0.1) is 5.10 Å². The third kappa shape index (κ3) is 2.56. The zero-order valence-corrected chi connectivity index (χ0v) is 15.3. The Morgan fingerprint density at radius 3 is 2.73 bits per heavy atom. The number of nitrogens with two attached hydrogens (primary N) is 1. The molecule has 0 aliphatic carbocycles. The van der Waals surface area contributed by atoms with Crippen LogP contribution >= 0.6 is 0 Å². The molecule has 0 spiro atoms. The van der Waals surface area contributed by atoms with Crippen LogP contribution in [0.1, 0.15) is 26.3 Å². The van der Waals surface area contributed by atoms with Crippen molar-refractivity contribution in [1.29, 1.82) is 0 Å². The maximum Gasteiger partial charge on any atom is 0.350 e. The van der Waals surface area contributed by atoms with Crippen molar-refractivity contribution in [3.63, 3.8) is 0 Å². The van der Waals surface area contributed by atoms with Gasteiger partial charge in [-0.05, 0) is 41.7 Å². The van der Waals surface area contributed by atoms with Crippen molar-refractivity contribution in [3.8, 4) is 11.1 Å². The lowest BCUT2D eigenvalue weighted by molar-refractivity contribution is 0.320. The molecule has 26 heavy (non-hydrogen) atoms. The highest BCUT2D eigenvalue weighted by molar-refractivity contribution is 5.99. The third-order valence-corrected chi connectivity index (χ3v) is 4.37. The Balaban J connectivity index is 1.92. The number of aromatic nitrogens is 4. The first-order valence-electron chi connectivity index (χ1n) is 8.49. The number of nitrogen functional groups attached to an aromatic ring is 1. The van der Waals surface area contributed by atoms with E-state index in [0.717, 1.165) is 22.1 Å². The summed E-state index contributed by atoms with van der Waals surface area (Å²) >= 11 is 0. The van der Waals surface area contributed by atoms with E-state index >= 15 is 0 Å². The Morgan fingerprint density at radius 2 is 2.00 bits per heavy atom. The Kier molecular flexibility index (Phi) is 3.44. The average molecular weight is 351 g/mol. The van der Waals surface area contributed by atoms with Gasteiger partial charge in [-0.1, -0.05) is 32.0 Å². The molecule has 3 heterocycles. The van der Waals surface area contributed by atoms with E-state index in [1.54, 1.807) is 10.6 Å². The summed E-state index contributed by atoms with van der Waals surface area (Å²) in [5.41, 5.74) is 9.80. The van der Waals surface area contributed by atoms with Gasteiger partial charge in [0.05, 0.1) is 11.9 Å². The number of benzene rings is 1. The molecule has 0 unspecified atom stereocenters. The second kappa shape index (κ2) is 5.45. The molecule has 0 amide bonds. The van der Waals surface area contributed by atoms with Crippen molar-refractivity contribution in [2.24, 2.45) is 5.41 Å². The molecule has 0 aliphatic rings. The summed E-state index contributed by atoms with van der Waals surface area (Å²) in [7, 11) is 0. The summed E-state index contributed by atoms with van der Waals surface area (Å²) in [6, 6.07) is 7.67. The Hall–Kier alpha value is -3.09. The molecule has 0 aliphatic heterocycles. The number of pyridine rings is 1. The predicted molar refractivity (Wildman–Crippen MR) is 101 cm³/mol. The van der Waals surface area contributed by atoms with E-state index in [9.17, 15) is 4.79 Å². The lowest BCUT2D eigenvalue weighted by Gasteiger charge is -2.16. The van der Waals surface area contributed by atoms with Crippen LogP contribution in [0.4, 0.5) is 5.82 Å². The summed E-state index contributed by atoms with van der Waals surface area (Å²) in [6.45, 7) is 8.78. The Bertz CT molecular complexity index is 1190. The monoisotopic (exact) mass is 351 g/mol. The van der Waals surface area contributed by atoms with Crippen LogP contribution in [0, 0.1) is 12.3 Å². The predicted octanol–water partition coefficient (Wildman–Crippen LogP) is 3.24. The highest BCUT2D eigenvalue weighted by atomic mass is 16.5. The fraction of sp³-hybridized carbons (Fsp3) is 0.316. The summed E-state index contributed by atoms with van der Waals surface area (Å²) in [4.78, 5) is 12.6. The Morgan fingerprint density at radius 1 is 1.23 bits per heavy atom. The minimum absolute atomic E-state index is 0.0376. The van der Waals surface area contributed by atoms with Crippen LogP contribution in [0.25, 0.3) is 27.7 Å². The molecule has 0 bridgehead atoms. The molecule has 0 fully saturated rings. The zero-order chi connectivity index (χ0) is 18.6. The lowest BCUT2D eigenvalue weighted by atomic mass is 9.97. The topological polar surface area (TPSA) is 91.4 Å². The van der Waals surface area contributed by atoms with Crippen molar-refractivity contribution in [2.75, 3.05) is 5.73 Å². The van der Waals surface area contributed by atoms with Crippen LogP contribution in [0.5, 0.6) is 0 Å². The van der Waals surface area contributed by atoms with Gasteiger partial charge in [0.25, 0.3) is 0 Å². The van der Waals surface area contributed by atoms with Crippen molar-refractivity contribution in [3.05, 3.63) is 46.5 Å². The van der Waals surface area contributed by atoms with Gasteiger partial charge in [-0.2, -0.15) is 0 Å². The van der Waals surface area contributed by atoms with E-state index in [-0.39, 0.29) is 11.1 Å². The van der Waals surface area contributed by atoms with E-state index < -0.39 is 0 Å². The first kappa shape index (κ1) is 16.4. The fourth-order valence-electron chi connectivity index (χ4n) is 3.21. The molecular formula is C19H21N5O2. The van der Waals surface area contributed by atoms with E-state index in [1.807, 2.05) is 31.2 Å². The number of hydrogen-bond donors (Lipinski definition) is 1. The number of anilines is 1. The molecule has 0 saturated heterocycles. The van der Waals surface area contributed by atoms with Crippen molar-refractivity contribution in [1.82, 2.24) is 19.3 Å². The number of nitrogens with zero attached hydrogens (tertiary/aromatic N) is 4. The normalized spacial score (nSPS) is 12.3. The SMILES string of the molecule is Cc1ccc2c(N)noc2c1-c1ccn2c(=O)n(CC(C)(C)C)nc2c1. The van der Waals surface area contributed by atoms with Crippen LogP contribution in [-0.4, -0.2) is 19.3 Å². The van der Waals surface area contributed by atoms with E-state index in [0.29, 0.717) is 23.6 Å². The van der Waals surface area contributed by atoms with Crippen LogP contribution in [0.2, 0.25) is 0 Å². The van der Waals surface area contributed by atoms with Crippen LogP contribution < -0.4 is 11.4 Å². The van der Waals surface area contributed by atoms with Crippen LogP contribution in [0.15, 0.2) is 39.8 Å². The minimum atomic E-state index is -0.139. The molecule has 1 aromatic carbocycles. The molecule has 4 rings (SSSR count). The smallest absolute Gasteiger partial charge is 0.350 e. The van der Waals surface area contributed by atoms with Gasteiger partial charge >= 0.3 is 5.69 Å². The number of aryl methyl sites for hydroxylation is 1. The highest BCUT2D eigenvalue weighted by Gasteiger charge is 2.18. The van der Waals surface area contributed by atoms with Gasteiger partial charge in [-0.3, -0.25) is 4.40 Å². The van der Waals surface area contributed by atoms with E-state index in [4.69, 9.17) is 10.3 Å². The van der Waals surface area contributed by atoms with Crippen molar-refractivity contribution in [2.45, 2.75) is 34.2 Å². The average Bonchev–Trinajstić information content (AvgIpc) is 3.07. The van der Waals surface area contributed by atoms with E-state index in [2.05, 4.69) is 31.0 Å². The highest BCUT2D eigenvalue weighted by Crippen LogP contribution is 2.34. The molecular weight excluding hydrogens is 330 g/mol. The van der Waals surface area contributed by atoms with Crippen molar-refractivity contribution >= 4 is 22.4 Å². The number of fused-ring (bicyclic) bond motifs is 2. The van der Waals surface area contributed by atoms with Gasteiger partial charge in [0, 0.05) is 11.8 Å². The standard InChI is InChI=1S/C19H21N5O2/c1-11-5-6-13-16(26-22-17(13)20)15(11)12-7-8-23-14(9-12)21-24(18(23)25)10-19(2,3)4/h5-9H,10H2,1-4H3,(H2,20,22). The van der Waals surface area contributed by atoms with Gasteiger partial charge in [0.2, 0.25) is 0 Å². The zero-order valence-electron chi connectivity index (χ0n) is 15.3. The first-order chi connectivity index (χ1) is 12.2. The first-order valence-corrected chi connectivity index (χ1v) is 8.49. The molecule has 134 valence electrons. The van der Waals surface area contributed by atoms with Gasteiger partial charge in [0.1, 0.15) is 0 Å². The Labute approximate surface area is 150 Å². The molecule has 0 atom stereocenters. The molecule has 2 N–H and O–H groups in total. The van der Waals surface area contributed by atoms with Crippen LogP contribution in [-0.2, 0) is 6.54 Å². The van der Waals surface area contributed by atoms with E-state index in [1.165, 1.54) is 4.68 Å². The largest absolute Gasteiger partial charge is 0.380 e. The molecule has 7 heteroatoms. The summed E-state index contributed by atoms with van der Waals surface area (Å²) < 4.78 is 8.52. The fourth-order valence-corrected chi connectivity index (χ4v) is 3.21. The van der Waals surface area contributed by atoms with Gasteiger partial charge < -0.3 is 10.3 Å². The van der Waals surface area contributed by atoms with Gasteiger partial charge in [0.15, 0.2) is 17.0 Å². The second-order valence-corrected chi connectivity index (χ2v) is 7.85. The maximum atomic E-state index is 12.6. The molecule has 0 radical (unpaired) electrons. The molecule has 3 aromatic heterocycles. The quantitative estimate of drug-likeness (QED) is 0.598. The third-order valence-electron chi connectivity index (χ3n) is 4.37. The summed E-state index contributed by atoms with van der Waals surface area (Å²) in [5, 5.41) is 9.15. The molecule has 7 nitrogen and oxygen atoms in total. The van der Waals surface area contributed by atoms with Gasteiger partial charge in [-0.25, -0.2) is 9.48 Å². The summed E-state index contributed by atoms with van der Waals surface area (Å²) in [6.07, 6.45) is 1.75. The second-order valence-electron chi connectivity index (χ2n) is 7.85. The number of rotatable bonds is 2. The van der Waals surface area contributed by atoms with Crippen LogP contribution in [0.3, 0.4) is 0 Å². The number of hydrogen-bond acceptors (Lipinski definition) is 5. The molecule has 4 aromatic rings.